The molecule has 0 aromatic heterocycles. The molecule has 0 spiro atoms. The largest absolute Gasteiger partial charge is 0.0623 e. The molecule has 0 radical (unpaired) electrons. The maximum absolute atomic E-state index is 2.51. The molecule has 6 unspecified atom stereocenters. The van der Waals surface area contributed by atoms with E-state index in [2.05, 4.69) is 27.7 Å². The Morgan fingerprint density at radius 2 is 1.50 bits per heavy atom. The van der Waals surface area contributed by atoms with Crippen molar-refractivity contribution >= 4 is 0 Å². The summed E-state index contributed by atoms with van der Waals surface area (Å²) in [4.78, 5) is 0. The van der Waals surface area contributed by atoms with Crippen molar-refractivity contribution in [1.29, 1.82) is 0 Å². The van der Waals surface area contributed by atoms with Crippen molar-refractivity contribution in [2.45, 2.75) is 79.1 Å². The average Bonchev–Trinajstić information content (AvgIpc) is 2.35. The molecule has 0 aromatic carbocycles. The lowest BCUT2D eigenvalue weighted by molar-refractivity contribution is 0.144. The number of hydrogen-bond acceptors (Lipinski definition) is 0. The predicted molar refractivity (Wildman–Crippen MR) is 80.6 cm³/mol. The molecule has 0 N–H and O–H groups in total. The fourth-order valence-electron chi connectivity index (χ4n) is 4.47. The van der Waals surface area contributed by atoms with Gasteiger partial charge in [0.1, 0.15) is 0 Å². The van der Waals surface area contributed by atoms with Crippen molar-refractivity contribution in [1.82, 2.24) is 0 Å². The minimum atomic E-state index is 0.978. The van der Waals surface area contributed by atoms with Crippen molar-refractivity contribution in [3.63, 3.8) is 0 Å². The zero-order chi connectivity index (χ0) is 13.1. The fourth-order valence-corrected chi connectivity index (χ4v) is 4.47. The molecule has 0 bridgehead atoms. The first-order valence-electron chi connectivity index (χ1n) is 8.58. The van der Waals surface area contributed by atoms with E-state index in [1.807, 2.05) is 0 Å². The van der Waals surface area contributed by atoms with Crippen molar-refractivity contribution in [3.8, 4) is 0 Å². The Balaban J connectivity index is 1.74. The van der Waals surface area contributed by atoms with Crippen molar-refractivity contribution < 1.29 is 0 Å². The van der Waals surface area contributed by atoms with Gasteiger partial charge in [-0.2, -0.15) is 0 Å². The Bertz CT molecular complexity index is 244. The summed E-state index contributed by atoms with van der Waals surface area (Å²) in [6, 6.07) is 0. The maximum Gasteiger partial charge on any atom is -0.0386 e. The summed E-state index contributed by atoms with van der Waals surface area (Å²) in [7, 11) is 0. The third-order valence-corrected chi connectivity index (χ3v) is 6.53. The Hall–Kier alpha value is 0. The Morgan fingerprint density at radius 1 is 0.722 bits per heavy atom. The molecule has 18 heavy (non-hydrogen) atoms. The second-order valence-corrected chi connectivity index (χ2v) is 7.74. The lowest BCUT2D eigenvalue weighted by atomic mass is 9.69. The smallest absolute Gasteiger partial charge is 0.0386 e. The summed E-state index contributed by atoms with van der Waals surface area (Å²) in [5.74, 6) is 6.03. The van der Waals surface area contributed by atoms with Gasteiger partial charge in [-0.1, -0.05) is 66.2 Å². The van der Waals surface area contributed by atoms with Crippen LogP contribution in [0.25, 0.3) is 0 Å². The Labute approximate surface area is 115 Å². The first-order chi connectivity index (χ1) is 8.58. The highest BCUT2D eigenvalue weighted by molar-refractivity contribution is 4.80. The maximum atomic E-state index is 2.51. The fraction of sp³-hybridized carbons (Fsp3) is 1.00. The number of hydrogen-bond donors (Lipinski definition) is 0. The molecule has 2 rings (SSSR count). The summed E-state index contributed by atoms with van der Waals surface area (Å²) in [6.45, 7) is 9.91. The Morgan fingerprint density at radius 3 is 2.22 bits per heavy atom. The minimum Gasteiger partial charge on any atom is -0.0623 e. The lowest BCUT2D eigenvalue weighted by Crippen LogP contribution is -2.26. The monoisotopic (exact) mass is 250 g/mol. The predicted octanol–water partition coefficient (Wildman–Crippen LogP) is 5.91. The van der Waals surface area contributed by atoms with Crippen LogP contribution in [0.4, 0.5) is 0 Å². The van der Waals surface area contributed by atoms with Crippen LogP contribution in [-0.4, -0.2) is 0 Å². The van der Waals surface area contributed by atoms with Gasteiger partial charge in [-0.25, -0.2) is 0 Å². The first kappa shape index (κ1) is 14.4. The molecular weight excluding hydrogens is 216 g/mol. The second kappa shape index (κ2) is 6.44. The van der Waals surface area contributed by atoms with Crippen molar-refractivity contribution in [2.24, 2.45) is 35.5 Å². The molecule has 2 aliphatic carbocycles. The third-order valence-electron chi connectivity index (χ3n) is 6.53. The van der Waals surface area contributed by atoms with E-state index >= 15 is 0 Å². The van der Waals surface area contributed by atoms with Crippen molar-refractivity contribution in [2.75, 3.05) is 0 Å². The highest BCUT2D eigenvalue weighted by Crippen LogP contribution is 2.40. The lowest BCUT2D eigenvalue weighted by Gasteiger charge is -2.37. The quantitative estimate of drug-likeness (QED) is 0.584. The summed E-state index contributed by atoms with van der Waals surface area (Å²) in [5, 5.41) is 0. The molecule has 0 amide bonds. The van der Waals surface area contributed by atoms with E-state index in [0.717, 1.165) is 35.5 Å². The van der Waals surface area contributed by atoms with Gasteiger partial charge < -0.3 is 0 Å². The van der Waals surface area contributed by atoms with Gasteiger partial charge >= 0.3 is 0 Å². The summed E-state index contributed by atoms with van der Waals surface area (Å²) in [5.41, 5.74) is 0. The molecule has 0 heterocycles. The second-order valence-electron chi connectivity index (χ2n) is 7.74. The van der Waals surface area contributed by atoms with Gasteiger partial charge in [-0.3, -0.25) is 0 Å². The third kappa shape index (κ3) is 3.52. The Kier molecular flexibility index (Phi) is 5.15. The average molecular weight is 250 g/mol. The highest BCUT2D eigenvalue weighted by Gasteiger charge is 2.29. The molecule has 106 valence electrons. The standard InChI is InChI=1S/C18H34/c1-13-8-9-17(12-15(13)3)10-11-18-7-5-6-14(2)16(18)4/h13-18H,5-12H2,1-4H3. The van der Waals surface area contributed by atoms with Crippen LogP contribution in [0.5, 0.6) is 0 Å². The van der Waals surface area contributed by atoms with E-state index in [-0.39, 0.29) is 0 Å². The van der Waals surface area contributed by atoms with Crippen LogP contribution in [0.2, 0.25) is 0 Å². The van der Waals surface area contributed by atoms with Crippen LogP contribution in [0.1, 0.15) is 79.1 Å². The number of rotatable bonds is 3. The zero-order valence-electron chi connectivity index (χ0n) is 13.1. The van der Waals surface area contributed by atoms with Gasteiger partial charge in [-0.05, 0) is 48.3 Å². The molecule has 6 atom stereocenters. The molecule has 2 saturated carbocycles. The SMILES string of the molecule is CC1CCC(CCC2CCCC(C)C2C)CC1C. The summed E-state index contributed by atoms with van der Waals surface area (Å²) < 4.78 is 0. The van der Waals surface area contributed by atoms with E-state index in [0.29, 0.717) is 0 Å². The van der Waals surface area contributed by atoms with Crippen molar-refractivity contribution in [3.05, 3.63) is 0 Å². The summed E-state index contributed by atoms with van der Waals surface area (Å²) >= 11 is 0. The van der Waals surface area contributed by atoms with E-state index in [1.54, 1.807) is 0 Å². The van der Waals surface area contributed by atoms with E-state index in [4.69, 9.17) is 0 Å². The summed E-state index contributed by atoms with van der Waals surface area (Å²) in [6.07, 6.45) is 12.1. The van der Waals surface area contributed by atoms with Gasteiger partial charge in [-0.15, -0.1) is 0 Å². The van der Waals surface area contributed by atoms with Crippen LogP contribution < -0.4 is 0 Å². The topological polar surface area (TPSA) is 0 Å². The van der Waals surface area contributed by atoms with Gasteiger partial charge in [0, 0.05) is 0 Å². The molecule has 0 nitrogen and oxygen atoms in total. The van der Waals surface area contributed by atoms with E-state index in [1.165, 1.54) is 51.4 Å². The first-order valence-corrected chi connectivity index (χ1v) is 8.58. The molecule has 0 saturated heterocycles. The highest BCUT2D eigenvalue weighted by atomic mass is 14.3. The van der Waals surface area contributed by atoms with Gasteiger partial charge in [0.25, 0.3) is 0 Å². The van der Waals surface area contributed by atoms with Crippen LogP contribution in [0, 0.1) is 35.5 Å². The molecule has 0 aliphatic heterocycles. The molecule has 2 aliphatic rings. The van der Waals surface area contributed by atoms with Gasteiger partial charge in [0.05, 0.1) is 0 Å². The zero-order valence-corrected chi connectivity index (χ0v) is 13.1. The van der Waals surface area contributed by atoms with Gasteiger partial charge in [0.15, 0.2) is 0 Å². The molecule has 0 aromatic rings. The normalized spacial score (nSPS) is 46.0. The molecule has 2 fully saturated rings. The molecule has 0 heteroatoms. The van der Waals surface area contributed by atoms with E-state index in [9.17, 15) is 0 Å². The van der Waals surface area contributed by atoms with Crippen LogP contribution >= 0.6 is 0 Å². The van der Waals surface area contributed by atoms with Crippen LogP contribution in [-0.2, 0) is 0 Å². The minimum absolute atomic E-state index is 0.978. The van der Waals surface area contributed by atoms with Crippen LogP contribution in [0.3, 0.4) is 0 Å². The van der Waals surface area contributed by atoms with Crippen LogP contribution in [0.15, 0.2) is 0 Å². The molecular formula is C18H34. The van der Waals surface area contributed by atoms with Gasteiger partial charge in [0.2, 0.25) is 0 Å². The van der Waals surface area contributed by atoms with E-state index < -0.39 is 0 Å².